The van der Waals surface area contributed by atoms with Gasteiger partial charge in [-0.1, -0.05) is 13.0 Å². The van der Waals surface area contributed by atoms with Gasteiger partial charge in [0.25, 0.3) is 0 Å². The Kier molecular flexibility index (Phi) is 6.77. The molecule has 0 aliphatic carbocycles. The Bertz CT molecular complexity index is 331. The van der Waals surface area contributed by atoms with E-state index in [0.717, 1.165) is 18.6 Å². The van der Waals surface area contributed by atoms with Gasteiger partial charge in [0.2, 0.25) is 0 Å². The van der Waals surface area contributed by atoms with Gasteiger partial charge in [-0.2, -0.15) is 0 Å². The molecule has 0 aliphatic heterocycles. The van der Waals surface area contributed by atoms with Crippen LogP contribution in [0.3, 0.4) is 0 Å². The molecular weight excluding hydrogens is 221 g/mol. The molecule has 0 heterocycles. The topological polar surface area (TPSA) is 44.5 Å². The number of halogens is 1. The molecule has 0 radical (unpaired) electrons. The van der Waals surface area contributed by atoms with Crippen molar-refractivity contribution in [2.75, 3.05) is 19.8 Å². The fourth-order valence-corrected chi connectivity index (χ4v) is 1.41. The van der Waals surface area contributed by atoms with Crippen molar-refractivity contribution in [3.63, 3.8) is 0 Å². The van der Waals surface area contributed by atoms with Crippen molar-refractivity contribution in [2.24, 2.45) is 5.73 Å². The van der Waals surface area contributed by atoms with E-state index in [1.165, 1.54) is 6.07 Å². The first-order valence-corrected chi connectivity index (χ1v) is 5.90. The van der Waals surface area contributed by atoms with E-state index >= 15 is 0 Å². The maximum absolute atomic E-state index is 13.4. The highest BCUT2D eigenvalue weighted by Crippen LogP contribution is 2.11. The lowest BCUT2D eigenvalue weighted by Gasteiger charge is -2.07. The van der Waals surface area contributed by atoms with Gasteiger partial charge in [0, 0.05) is 18.7 Å². The summed E-state index contributed by atoms with van der Waals surface area (Å²) in [5.41, 5.74) is 6.95. The van der Waals surface area contributed by atoms with Crippen LogP contribution in [0.5, 0.6) is 0 Å². The maximum Gasteiger partial charge on any atom is 0.128 e. The Balaban J connectivity index is 2.30. The van der Waals surface area contributed by atoms with Crippen molar-refractivity contribution in [2.45, 2.75) is 26.5 Å². The van der Waals surface area contributed by atoms with Crippen molar-refractivity contribution in [3.05, 3.63) is 35.1 Å². The molecule has 1 aromatic carbocycles. The van der Waals surface area contributed by atoms with Crippen molar-refractivity contribution < 1.29 is 13.9 Å². The van der Waals surface area contributed by atoms with Crippen LogP contribution in [-0.2, 0) is 22.6 Å². The summed E-state index contributed by atoms with van der Waals surface area (Å²) in [5.74, 6) is -0.253. The van der Waals surface area contributed by atoms with E-state index in [0.29, 0.717) is 25.3 Å². The van der Waals surface area contributed by atoms with Gasteiger partial charge in [-0.25, -0.2) is 4.39 Å². The summed E-state index contributed by atoms with van der Waals surface area (Å²) < 4.78 is 24.0. The van der Waals surface area contributed by atoms with E-state index in [-0.39, 0.29) is 12.4 Å². The fourth-order valence-electron chi connectivity index (χ4n) is 1.41. The van der Waals surface area contributed by atoms with Gasteiger partial charge in [-0.15, -0.1) is 0 Å². The molecule has 3 nitrogen and oxygen atoms in total. The molecule has 0 unspecified atom stereocenters. The largest absolute Gasteiger partial charge is 0.379 e. The first kappa shape index (κ1) is 14.1. The molecule has 2 N–H and O–H groups in total. The van der Waals surface area contributed by atoms with Crippen molar-refractivity contribution in [1.29, 1.82) is 0 Å². The SMILES string of the molecule is CCCOCCOCc1cc(CN)ccc1F. The highest BCUT2D eigenvalue weighted by Gasteiger charge is 2.03. The minimum atomic E-state index is -0.253. The molecule has 0 aromatic heterocycles. The summed E-state index contributed by atoms with van der Waals surface area (Å²) in [6.07, 6.45) is 0.993. The van der Waals surface area contributed by atoms with Gasteiger partial charge < -0.3 is 15.2 Å². The molecule has 0 fully saturated rings. The molecule has 17 heavy (non-hydrogen) atoms. The minimum absolute atomic E-state index is 0.253. The summed E-state index contributed by atoms with van der Waals surface area (Å²) in [4.78, 5) is 0. The van der Waals surface area contributed by atoms with Crippen LogP contribution < -0.4 is 5.73 Å². The molecule has 0 saturated heterocycles. The van der Waals surface area contributed by atoms with Gasteiger partial charge >= 0.3 is 0 Å². The molecule has 0 amide bonds. The van der Waals surface area contributed by atoms with Crippen molar-refractivity contribution >= 4 is 0 Å². The number of benzene rings is 1. The lowest BCUT2D eigenvalue weighted by atomic mass is 10.1. The number of rotatable bonds is 8. The van der Waals surface area contributed by atoms with E-state index in [1.807, 2.05) is 0 Å². The van der Waals surface area contributed by atoms with Gasteiger partial charge in [-0.05, 0) is 24.1 Å². The average molecular weight is 241 g/mol. The van der Waals surface area contributed by atoms with E-state index in [9.17, 15) is 4.39 Å². The summed E-state index contributed by atoms with van der Waals surface area (Å²) in [6.45, 7) is 4.48. The van der Waals surface area contributed by atoms with Crippen LogP contribution in [0, 0.1) is 5.82 Å². The Morgan fingerprint density at radius 2 is 1.94 bits per heavy atom. The summed E-state index contributed by atoms with van der Waals surface area (Å²) in [6, 6.07) is 4.85. The average Bonchev–Trinajstić information content (AvgIpc) is 2.35. The number of nitrogens with two attached hydrogens (primary N) is 1. The lowest BCUT2D eigenvalue weighted by Crippen LogP contribution is -2.06. The smallest absolute Gasteiger partial charge is 0.128 e. The first-order valence-electron chi connectivity index (χ1n) is 5.90. The molecule has 1 rings (SSSR count). The van der Waals surface area contributed by atoms with Crippen LogP contribution >= 0.6 is 0 Å². The molecule has 0 saturated carbocycles. The minimum Gasteiger partial charge on any atom is -0.379 e. The van der Waals surface area contributed by atoms with Crippen LogP contribution in [0.15, 0.2) is 18.2 Å². The molecule has 0 bridgehead atoms. The molecule has 0 atom stereocenters. The highest BCUT2D eigenvalue weighted by molar-refractivity contribution is 5.24. The van der Waals surface area contributed by atoms with Gasteiger partial charge in [-0.3, -0.25) is 0 Å². The standard InChI is InChI=1S/C13H20FNO2/c1-2-5-16-6-7-17-10-12-8-11(9-15)3-4-13(12)14/h3-4,8H,2,5-7,9-10,15H2,1H3. The van der Waals surface area contributed by atoms with Crippen LogP contribution in [0.2, 0.25) is 0 Å². The van der Waals surface area contributed by atoms with Crippen LogP contribution in [0.4, 0.5) is 4.39 Å². The number of hydrogen-bond acceptors (Lipinski definition) is 3. The summed E-state index contributed by atoms with van der Waals surface area (Å²) >= 11 is 0. The van der Waals surface area contributed by atoms with Crippen molar-refractivity contribution in [3.8, 4) is 0 Å². The van der Waals surface area contributed by atoms with Gasteiger partial charge in [0.15, 0.2) is 0 Å². The second kappa shape index (κ2) is 8.17. The third-order valence-corrected chi connectivity index (χ3v) is 2.32. The zero-order valence-corrected chi connectivity index (χ0v) is 10.2. The highest BCUT2D eigenvalue weighted by atomic mass is 19.1. The van der Waals surface area contributed by atoms with Crippen molar-refractivity contribution in [1.82, 2.24) is 0 Å². The predicted molar refractivity (Wildman–Crippen MR) is 65.1 cm³/mol. The quantitative estimate of drug-likeness (QED) is 0.710. The van der Waals surface area contributed by atoms with Gasteiger partial charge in [0.1, 0.15) is 5.82 Å². The molecule has 1 aromatic rings. The summed E-state index contributed by atoms with van der Waals surface area (Å²) in [5, 5.41) is 0. The van der Waals surface area contributed by atoms with E-state index in [1.54, 1.807) is 12.1 Å². The molecular formula is C13H20FNO2. The fraction of sp³-hybridized carbons (Fsp3) is 0.538. The zero-order chi connectivity index (χ0) is 12.5. The zero-order valence-electron chi connectivity index (χ0n) is 10.2. The molecule has 96 valence electrons. The second-order valence-corrected chi connectivity index (χ2v) is 3.79. The van der Waals surface area contributed by atoms with Crippen LogP contribution in [-0.4, -0.2) is 19.8 Å². The third kappa shape index (κ3) is 5.26. The predicted octanol–water partition coefficient (Wildman–Crippen LogP) is 2.23. The second-order valence-electron chi connectivity index (χ2n) is 3.79. The molecule has 0 spiro atoms. The monoisotopic (exact) mass is 241 g/mol. The van der Waals surface area contributed by atoms with Gasteiger partial charge in [0.05, 0.1) is 19.8 Å². The molecule has 0 aliphatic rings. The Hall–Kier alpha value is -0.970. The maximum atomic E-state index is 13.4. The first-order chi connectivity index (χ1) is 8.27. The normalized spacial score (nSPS) is 10.8. The summed E-state index contributed by atoms with van der Waals surface area (Å²) in [7, 11) is 0. The Labute approximate surface area is 102 Å². The Morgan fingerprint density at radius 3 is 2.65 bits per heavy atom. The van der Waals surface area contributed by atoms with E-state index < -0.39 is 0 Å². The lowest BCUT2D eigenvalue weighted by molar-refractivity contribution is 0.0399. The number of ether oxygens (including phenoxy) is 2. The third-order valence-electron chi connectivity index (χ3n) is 2.32. The molecule has 4 heteroatoms. The van der Waals surface area contributed by atoms with Crippen LogP contribution in [0.1, 0.15) is 24.5 Å². The van der Waals surface area contributed by atoms with E-state index in [2.05, 4.69) is 6.92 Å². The van der Waals surface area contributed by atoms with Crippen LogP contribution in [0.25, 0.3) is 0 Å². The van der Waals surface area contributed by atoms with E-state index in [4.69, 9.17) is 15.2 Å². The number of hydrogen-bond donors (Lipinski definition) is 1. The Morgan fingerprint density at radius 1 is 1.18 bits per heavy atom.